The zero-order chi connectivity index (χ0) is 14.5. The number of nitrogens with zero attached hydrogens (tertiary/aromatic N) is 1. The van der Waals surface area contributed by atoms with Gasteiger partial charge in [-0.25, -0.2) is 0 Å². The van der Waals surface area contributed by atoms with Crippen molar-refractivity contribution in [3.63, 3.8) is 0 Å². The van der Waals surface area contributed by atoms with E-state index in [1.807, 2.05) is 4.90 Å². The fourth-order valence-electron chi connectivity index (χ4n) is 2.80. The highest BCUT2D eigenvalue weighted by molar-refractivity contribution is 5.87. The summed E-state index contributed by atoms with van der Waals surface area (Å²) in [5.74, 6) is 0.226. The van der Waals surface area contributed by atoms with E-state index in [0.29, 0.717) is 0 Å². The fourth-order valence-corrected chi connectivity index (χ4v) is 2.80. The lowest BCUT2D eigenvalue weighted by Crippen LogP contribution is -2.34. The normalized spacial score (nSPS) is 15.9. The van der Waals surface area contributed by atoms with E-state index in [2.05, 4.69) is 13.0 Å². The maximum Gasteiger partial charge on any atom is 0.246 e. The summed E-state index contributed by atoms with van der Waals surface area (Å²) in [6.07, 6.45) is 19.4. The van der Waals surface area contributed by atoms with E-state index in [1.165, 1.54) is 70.6 Å². The van der Waals surface area contributed by atoms with Crippen LogP contribution in [0.2, 0.25) is 0 Å². The summed E-state index contributed by atoms with van der Waals surface area (Å²) in [5.41, 5.74) is 0. The molecular formula is C18H33NO. The van der Waals surface area contributed by atoms with Crippen LogP contribution in [-0.4, -0.2) is 23.9 Å². The summed E-state index contributed by atoms with van der Waals surface area (Å²) in [7, 11) is 0. The second-order valence-electron chi connectivity index (χ2n) is 6.05. The monoisotopic (exact) mass is 279 g/mol. The van der Waals surface area contributed by atoms with Gasteiger partial charge in [0.1, 0.15) is 0 Å². The standard InChI is InChI=1S/C18H33NO/c1-2-3-4-5-6-7-8-9-10-12-15-18(20)19-16-13-11-14-17-19/h12,15H,2-11,13-14,16-17H2,1H3/b15-12+. The molecule has 1 saturated heterocycles. The molecule has 0 aromatic rings. The number of piperidine rings is 1. The minimum absolute atomic E-state index is 0.226. The van der Waals surface area contributed by atoms with Gasteiger partial charge in [0.15, 0.2) is 0 Å². The third kappa shape index (κ3) is 8.39. The quantitative estimate of drug-likeness (QED) is 0.403. The van der Waals surface area contributed by atoms with E-state index < -0.39 is 0 Å². The average Bonchev–Trinajstić information content (AvgIpc) is 2.50. The molecule has 0 aromatic carbocycles. The van der Waals surface area contributed by atoms with E-state index in [4.69, 9.17) is 0 Å². The number of carbonyl (C=O) groups excluding carboxylic acids is 1. The van der Waals surface area contributed by atoms with Gasteiger partial charge in [-0.1, -0.05) is 57.9 Å². The van der Waals surface area contributed by atoms with Gasteiger partial charge in [0.2, 0.25) is 5.91 Å². The Morgan fingerprint density at radius 1 is 0.900 bits per heavy atom. The first-order valence-electron chi connectivity index (χ1n) is 8.80. The lowest BCUT2D eigenvalue weighted by atomic mass is 10.1. The number of rotatable bonds is 10. The van der Waals surface area contributed by atoms with Gasteiger partial charge in [-0.3, -0.25) is 4.79 Å². The van der Waals surface area contributed by atoms with E-state index in [0.717, 1.165) is 19.5 Å². The Labute approximate surface area is 125 Å². The van der Waals surface area contributed by atoms with Gasteiger partial charge < -0.3 is 4.90 Å². The molecular weight excluding hydrogens is 246 g/mol. The molecule has 0 saturated carbocycles. The van der Waals surface area contributed by atoms with Crippen LogP contribution < -0.4 is 0 Å². The zero-order valence-electron chi connectivity index (χ0n) is 13.4. The van der Waals surface area contributed by atoms with Crippen LogP contribution in [0.25, 0.3) is 0 Å². The Balaban J connectivity index is 1.92. The van der Waals surface area contributed by atoms with Gasteiger partial charge in [-0.2, -0.15) is 0 Å². The first kappa shape index (κ1) is 17.3. The molecule has 2 heteroatoms. The summed E-state index contributed by atoms with van der Waals surface area (Å²) >= 11 is 0. The topological polar surface area (TPSA) is 20.3 Å². The maximum atomic E-state index is 11.9. The fraction of sp³-hybridized carbons (Fsp3) is 0.833. The molecule has 1 aliphatic heterocycles. The van der Waals surface area contributed by atoms with Gasteiger partial charge in [0.25, 0.3) is 0 Å². The van der Waals surface area contributed by atoms with Crippen molar-refractivity contribution in [2.75, 3.05) is 13.1 Å². The van der Waals surface area contributed by atoms with Crippen LogP contribution in [0.4, 0.5) is 0 Å². The maximum absolute atomic E-state index is 11.9. The highest BCUT2D eigenvalue weighted by Crippen LogP contribution is 2.11. The Hall–Kier alpha value is -0.790. The number of hydrogen-bond donors (Lipinski definition) is 0. The SMILES string of the molecule is CCCCCCCCCC/C=C/C(=O)N1CCCCC1. The Bertz CT molecular complexity index is 267. The second-order valence-corrected chi connectivity index (χ2v) is 6.05. The van der Waals surface area contributed by atoms with Crippen molar-refractivity contribution in [1.29, 1.82) is 0 Å². The highest BCUT2D eigenvalue weighted by Gasteiger charge is 2.13. The van der Waals surface area contributed by atoms with E-state index >= 15 is 0 Å². The zero-order valence-corrected chi connectivity index (χ0v) is 13.4. The largest absolute Gasteiger partial charge is 0.339 e. The number of allylic oxidation sites excluding steroid dienone is 1. The average molecular weight is 279 g/mol. The molecule has 0 radical (unpaired) electrons. The number of amides is 1. The van der Waals surface area contributed by atoms with Crippen molar-refractivity contribution in [3.8, 4) is 0 Å². The number of carbonyl (C=O) groups is 1. The van der Waals surface area contributed by atoms with Gasteiger partial charge in [-0.15, -0.1) is 0 Å². The molecule has 0 bridgehead atoms. The summed E-state index contributed by atoms with van der Waals surface area (Å²) in [6.45, 7) is 4.18. The molecule has 0 N–H and O–H groups in total. The van der Waals surface area contributed by atoms with Crippen LogP contribution in [0.3, 0.4) is 0 Å². The summed E-state index contributed by atoms with van der Waals surface area (Å²) < 4.78 is 0. The first-order valence-corrected chi connectivity index (χ1v) is 8.80. The van der Waals surface area contributed by atoms with Crippen LogP contribution in [0.15, 0.2) is 12.2 Å². The molecule has 1 heterocycles. The highest BCUT2D eigenvalue weighted by atomic mass is 16.2. The molecule has 1 fully saturated rings. The van der Waals surface area contributed by atoms with Crippen LogP contribution >= 0.6 is 0 Å². The number of unbranched alkanes of at least 4 members (excludes halogenated alkanes) is 8. The number of likely N-dealkylation sites (tertiary alicyclic amines) is 1. The van der Waals surface area contributed by atoms with Crippen molar-refractivity contribution >= 4 is 5.91 Å². The van der Waals surface area contributed by atoms with Gasteiger partial charge in [0.05, 0.1) is 0 Å². The van der Waals surface area contributed by atoms with Gasteiger partial charge in [-0.05, 0) is 38.2 Å². The Morgan fingerprint density at radius 3 is 2.15 bits per heavy atom. The third-order valence-electron chi connectivity index (χ3n) is 4.15. The van der Waals surface area contributed by atoms with Crippen molar-refractivity contribution in [2.24, 2.45) is 0 Å². The van der Waals surface area contributed by atoms with Crippen LogP contribution in [-0.2, 0) is 4.79 Å². The summed E-state index contributed by atoms with van der Waals surface area (Å²) in [5, 5.41) is 0. The van der Waals surface area contributed by atoms with Gasteiger partial charge >= 0.3 is 0 Å². The van der Waals surface area contributed by atoms with Crippen LogP contribution in [0.1, 0.15) is 84.0 Å². The molecule has 0 aliphatic carbocycles. The molecule has 116 valence electrons. The van der Waals surface area contributed by atoms with E-state index in [9.17, 15) is 4.79 Å². The summed E-state index contributed by atoms with van der Waals surface area (Å²) in [6, 6.07) is 0. The van der Waals surface area contributed by atoms with E-state index in [-0.39, 0.29) is 5.91 Å². The minimum atomic E-state index is 0.226. The molecule has 1 amide bonds. The Morgan fingerprint density at radius 2 is 1.50 bits per heavy atom. The lowest BCUT2D eigenvalue weighted by Gasteiger charge is -2.25. The molecule has 20 heavy (non-hydrogen) atoms. The number of hydrogen-bond acceptors (Lipinski definition) is 1. The molecule has 0 atom stereocenters. The summed E-state index contributed by atoms with van der Waals surface area (Å²) in [4.78, 5) is 13.9. The minimum Gasteiger partial charge on any atom is -0.339 e. The van der Waals surface area contributed by atoms with Crippen LogP contribution in [0.5, 0.6) is 0 Å². The van der Waals surface area contributed by atoms with Crippen LogP contribution in [0, 0.1) is 0 Å². The molecule has 0 spiro atoms. The lowest BCUT2D eigenvalue weighted by molar-refractivity contribution is -0.126. The first-order chi connectivity index (χ1) is 9.84. The molecule has 1 rings (SSSR count). The smallest absolute Gasteiger partial charge is 0.246 e. The van der Waals surface area contributed by atoms with Crippen molar-refractivity contribution in [1.82, 2.24) is 4.90 Å². The van der Waals surface area contributed by atoms with Gasteiger partial charge in [0, 0.05) is 13.1 Å². The van der Waals surface area contributed by atoms with Crippen molar-refractivity contribution in [2.45, 2.75) is 84.0 Å². The third-order valence-corrected chi connectivity index (χ3v) is 4.15. The second kappa shape index (κ2) is 12.0. The van der Waals surface area contributed by atoms with Crippen molar-refractivity contribution < 1.29 is 4.79 Å². The Kier molecular flexibility index (Phi) is 10.3. The molecule has 1 aliphatic rings. The molecule has 2 nitrogen and oxygen atoms in total. The predicted octanol–water partition coefficient (Wildman–Crippen LogP) is 5.09. The van der Waals surface area contributed by atoms with Crippen molar-refractivity contribution in [3.05, 3.63) is 12.2 Å². The molecule has 0 unspecified atom stereocenters. The predicted molar refractivity (Wildman–Crippen MR) is 86.8 cm³/mol. The molecule has 0 aromatic heterocycles. The van der Waals surface area contributed by atoms with E-state index in [1.54, 1.807) is 6.08 Å².